The number of nitrogens with one attached hydrogen (secondary N) is 3. The molecule has 0 amide bonds. The van der Waals surface area contributed by atoms with E-state index < -0.39 is 28.9 Å². The molecule has 282 valence electrons. The first kappa shape index (κ1) is 36.9. The molecule has 0 aliphatic heterocycles. The van der Waals surface area contributed by atoms with E-state index in [-0.39, 0.29) is 12.1 Å². The van der Waals surface area contributed by atoms with Crippen LogP contribution in [0.5, 0.6) is 0 Å². The molecule has 3 aromatic carbocycles. The predicted molar refractivity (Wildman–Crippen MR) is 210 cm³/mol. The Hall–Kier alpha value is -5.46. The molecule has 3 aliphatic rings. The maximum absolute atomic E-state index is 11.3. The number of carboxylic acid groups (broad SMARTS) is 2. The summed E-state index contributed by atoms with van der Waals surface area (Å²) in [6.07, 6.45) is 7.84. The second-order valence-corrected chi connectivity index (χ2v) is 15.3. The van der Waals surface area contributed by atoms with Crippen molar-refractivity contribution in [3.05, 3.63) is 110 Å². The first-order valence-electron chi connectivity index (χ1n) is 18.8. The molecule has 12 heteroatoms. The number of aryl methyl sites for hydroxylation is 3. The number of nitro groups is 1. The maximum atomic E-state index is 11.3. The number of carboxylic acids is 2. The van der Waals surface area contributed by atoms with Crippen molar-refractivity contribution < 1.29 is 24.7 Å². The standard InChI is InChI=1S/C15H17N3O4.C15H18N2O2.C12H13N/c1-7-10(6-11(16)15(19)20)13-12(18(21)22)5-4-9(8-2-3-8)14(13)17-7;1-8-12(7-13(16)15(18)19)11-4-2-3-10(9-5-6-9)14(11)17-8;1-8-7-10-3-2-4-11(9-5-6-9)12(10)13-8/h4-5,8,11,17H,2-3,6,16H2,1H3,(H,19,20);2-4,9,13,17H,5-7,16H2,1H3,(H,18,19);2-4,7,9,13H,5-6H2,1H3. The zero-order valence-electron chi connectivity index (χ0n) is 30.9. The van der Waals surface area contributed by atoms with Crippen molar-refractivity contribution in [2.45, 2.75) is 102 Å². The maximum Gasteiger partial charge on any atom is 0.320 e. The minimum atomic E-state index is -1.12. The summed E-state index contributed by atoms with van der Waals surface area (Å²) in [5.41, 5.74) is 23.2. The molecule has 12 nitrogen and oxygen atoms in total. The number of nitro benzene ring substituents is 1. The van der Waals surface area contributed by atoms with Gasteiger partial charge in [0.05, 0.1) is 15.8 Å². The number of hydrogen-bond acceptors (Lipinski definition) is 6. The van der Waals surface area contributed by atoms with Gasteiger partial charge in [-0.25, -0.2) is 0 Å². The number of H-pyrrole nitrogens is 3. The van der Waals surface area contributed by atoms with Gasteiger partial charge in [-0.3, -0.25) is 19.7 Å². The van der Waals surface area contributed by atoms with Gasteiger partial charge in [0, 0.05) is 52.4 Å². The van der Waals surface area contributed by atoms with Crippen LogP contribution < -0.4 is 11.5 Å². The van der Waals surface area contributed by atoms with Crippen LogP contribution in [0.4, 0.5) is 5.69 Å². The summed E-state index contributed by atoms with van der Waals surface area (Å²) < 4.78 is 0. The molecule has 2 unspecified atom stereocenters. The summed E-state index contributed by atoms with van der Waals surface area (Å²) in [7, 11) is 0. The van der Waals surface area contributed by atoms with Crippen LogP contribution in [0, 0.1) is 30.9 Å². The highest BCUT2D eigenvalue weighted by atomic mass is 16.6. The second kappa shape index (κ2) is 14.8. The number of non-ortho nitro benzene ring substituents is 1. The number of nitrogens with zero attached hydrogens (tertiary/aromatic N) is 1. The number of fused-ring (bicyclic) bond motifs is 3. The molecule has 3 heterocycles. The SMILES string of the molecule is Cc1[nH]c2c(C3CC3)ccc([N+](=O)[O-])c2c1CC(N)C(=O)O.Cc1[nH]c2c(C3CC3)cccc2c1CC(N)C(=O)O.Cc1cc2cccc(C3CC3)c2[nH]1. The van der Waals surface area contributed by atoms with Gasteiger partial charge in [-0.2, -0.15) is 0 Å². The van der Waals surface area contributed by atoms with Gasteiger partial charge in [-0.15, -0.1) is 0 Å². The zero-order chi connectivity index (χ0) is 38.4. The Labute approximate surface area is 312 Å². The number of hydrogen-bond donors (Lipinski definition) is 7. The summed E-state index contributed by atoms with van der Waals surface area (Å²) in [5.74, 6) is -0.131. The lowest BCUT2D eigenvalue weighted by Gasteiger charge is -2.07. The second-order valence-electron chi connectivity index (χ2n) is 15.3. The highest BCUT2D eigenvalue weighted by molar-refractivity contribution is 5.96. The van der Waals surface area contributed by atoms with Crippen LogP contribution in [0.15, 0.2) is 54.6 Å². The normalized spacial score (nSPS) is 16.4. The first-order valence-corrected chi connectivity index (χ1v) is 18.8. The molecule has 54 heavy (non-hydrogen) atoms. The molecule has 0 radical (unpaired) electrons. The lowest BCUT2D eigenvalue weighted by molar-refractivity contribution is -0.383. The van der Waals surface area contributed by atoms with Crippen LogP contribution in [0.1, 0.15) is 101 Å². The minimum Gasteiger partial charge on any atom is -0.480 e. The molecule has 3 aliphatic carbocycles. The van der Waals surface area contributed by atoms with Crippen molar-refractivity contribution in [3.8, 4) is 0 Å². The van der Waals surface area contributed by atoms with E-state index in [1.807, 2.05) is 6.92 Å². The number of aromatic amines is 3. The lowest BCUT2D eigenvalue weighted by Crippen LogP contribution is -2.32. The number of para-hydroxylation sites is 2. The van der Waals surface area contributed by atoms with E-state index in [4.69, 9.17) is 21.7 Å². The zero-order valence-corrected chi connectivity index (χ0v) is 30.9. The van der Waals surface area contributed by atoms with Crippen molar-refractivity contribution in [2.75, 3.05) is 0 Å². The van der Waals surface area contributed by atoms with Crippen molar-refractivity contribution in [1.29, 1.82) is 0 Å². The quantitative estimate of drug-likeness (QED) is 0.0541. The smallest absolute Gasteiger partial charge is 0.320 e. The fraction of sp³-hybridized carbons (Fsp3) is 0.381. The van der Waals surface area contributed by atoms with Gasteiger partial charge in [0.25, 0.3) is 5.69 Å². The third-order valence-corrected chi connectivity index (χ3v) is 11.0. The van der Waals surface area contributed by atoms with E-state index in [0.29, 0.717) is 29.2 Å². The van der Waals surface area contributed by atoms with E-state index in [1.165, 1.54) is 59.5 Å². The largest absolute Gasteiger partial charge is 0.480 e. The third-order valence-electron chi connectivity index (χ3n) is 11.0. The number of aliphatic carboxylic acids is 2. The minimum absolute atomic E-state index is 0.00339. The van der Waals surface area contributed by atoms with Crippen molar-refractivity contribution in [1.82, 2.24) is 15.0 Å². The Bertz CT molecular complexity index is 2390. The average Bonchev–Trinajstić information content (AvgIpc) is 4.02. The Morgan fingerprint density at radius 3 is 1.78 bits per heavy atom. The molecular weight excluding hydrogens is 684 g/mol. The molecule has 9 N–H and O–H groups in total. The molecule has 3 saturated carbocycles. The topological polar surface area (TPSA) is 217 Å². The van der Waals surface area contributed by atoms with Crippen molar-refractivity contribution in [2.24, 2.45) is 11.5 Å². The Balaban J connectivity index is 0.000000129. The van der Waals surface area contributed by atoms with E-state index in [0.717, 1.165) is 57.7 Å². The van der Waals surface area contributed by atoms with E-state index in [1.54, 1.807) is 13.0 Å². The third kappa shape index (κ3) is 7.62. The number of rotatable bonds is 10. The monoisotopic (exact) mass is 732 g/mol. The predicted octanol–water partition coefficient (Wildman–Crippen LogP) is 7.88. The summed E-state index contributed by atoms with van der Waals surface area (Å²) in [6.45, 7) is 5.90. The van der Waals surface area contributed by atoms with Crippen LogP contribution in [-0.4, -0.2) is 54.1 Å². The summed E-state index contributed by atoms with van der Waals surface area (Å²) >= 11 is 0. The summed E-state index contributed by atoms with van der Waals surface area (Å²) in [5, 5.41) is 32.3. The molecule has 0 saturated heterocycles. The molecule has 6 aromatic rings. The van der Waals surface area contributed by atoms with Crippen LogP contribution in [-0.2, 0) is 22.4 Å². The summed E-state index contributed by atoms with van der Waals surface area (Å²) in [6, 6.07) is 16.5. The Morgan fingerprint density at radius 1 is 0.722 bits per heavy atom. The van der Waals surface area contributed by atoms with Crippen molar-refractivity contribution >= 4 is 50.3 Å². The molecular formula is C42H48N6O6. The van der Waals surface area contributed by atoms with Crippen LogP contribution in [0.25, 0.3) is 32.7 Å². The van der Waals surface area contributed by atoms with Gasteiger partial charge in [-0.05, 0) is 122 Å². The lowest BCUT2D eigenvalue weighted by atomic mass is 9.99. The molecule has 3 aromatic heterocycles. The van der Waals surface area contributed by atoms with E-state index >= 15 is 0 Å². The fourth-order valence-corrected chi connectivity index (χ4v) is 7.73. The Kier molecular flexibility index (Phi) is 10.1. The highest BCUT2D eigenvalue weighted by Gasteiger charge is 2.31. The molecule has 9 rings (SSSR count). The number of nitrogens with two attached hydrogens (primary N) is 2. The van der Waals surface area contributed by atoms with E-state index in [9.17, 15) is 19.7 Å². The van der Waals surface area contributed by atoms with E-state index in [2.05, 4.69) is 64.3 Å². The molecule has 3 fully saturated rings. The van der Waals surface area contributed by atoms with Crippen LogP contribution in [0.3, 0.4) is 0 Å². The van der Waals surface area contributed by atoms with Gasteiger partial charge < -0.3 is 36.6 Å². The van der Waals surface area contributed by atoms with Crippen LogP contribution >= 0.6 is 0 Å². The van der Waals surface area contributed by atoms with Crippen LogP contribution in [0.2, 0.25) is 0 Å². The highest BCUT2D eigenvalue weighted by Crippen LogP contribution is 2.46. The van der Waals surface area contributed by atoms with Crippen molar-refractivity contribution in [3.63, 3.8) is 0 Å². The van der Waals surface area contributed by atoms with Gasteiger partial charge in [0.15, 0.2) is 0 Å². The van der Waals surface area contributed by atoms with Gasteiger partial charge in [0.2, 0.25) is 0 Å². The molecule has 0 bridgehead atoms. The van der Waals surface area contributed by atoms with Gasteiger partial charge in [0.1, 0.15) is 12.1 Å². The Morgan fingerprint density at radius 2 is 1.22 bits per heavy atom. The van der Waals surface area contributed by atoms with Gasteiger partial charge in [-0.1, -0.05) is 36.4 Å². The number of aromatic nitrogens is 3. The fourth-order valence-electron chi connectivity index (χ4n) is 7.73. The van der Waals surface area contributed by atoms with Gasteiger partial charge >= 0.3 is 11.9 Å². The first-order chi connectivity index (χ1) is 25.8. The molecule has 0 spiro atoms. The number of benzene rings is 3. The number of carbonyl (C=O) groups is 2. The summed E-state index contributed by atoms with van der Waals surface area (Å²) in [4.78, 5) is 42.9. The molecule has 2 atom stereocenters. The average molecular weight is 733 g/mol.